The van der Waals surface area contributed by atoms with Crippen molar-refractivity contribution in [2.45, 2.75) is 24.7 Å². The monoisotopic (exact) mass is 1140 g/mol. The molecule has 0 spiro atoms. The van der Waals surface area contributed by atoms with Crippen LogP contribution < -0.4 is 0 Å². The van der Waals surface area contributed by atoms with Crippen LogP contribution in [0.2, 0.25) is 0 Å². The third kappa shape index (κ3) is 9.61. The maximum absolute atomic E-state index is 14.2. The molecule has 0 aliphatic carbocycles. The van der Waals surface area contributed by atoms with Gasteiger partial charge in [-0.2, -0.15) is 52.7 Å². The highest BCUT2D eigenvalue weighted by atomic mass is 19.4. The van der Waals surface area contributed by atoms with Gasteiger partial charge in [-0.25, -0.2) is 15.0 Å². The van der Waals surface area contributed by atoms with Gasteiger partial charge in [0.25, 0.3) is 0 Å². The van der Waals surface area contributed by atoms with Crippen LogP contribution in [0.25, 0.3) is 123 Å². The molecule has 13 aromatic rings. The van der Waals surface area contributed by atoms with Gasteiger partial charge in [0, 0.05) is 61.8 Å². The van der Waals surface area contributed by atoms with Gasteiger partial charge >= 0.3 is 24.7 Å². The number of pyridine rings is 1. The fourth-order valence-corrected chi connectivity index (χ4v) is 10.9. The normalized spacial score (nSPS) is 12.5. The van der Waals surface area contributed by atoms with Crippen molar-refractivity contribution in [1.82, 2.24) is 29.1 Å². The van der Waals surface area contributed by atoms with Crippen LogP contribution in [-0.2, 0) is 24.7 Å². The summed E-state index contributed by atoms with van der Waals surface area (Å²) < 4.78 is 174. The molecule has 0 amide bonds. The van der Waals surface area contributed by atoms with E-state index in [4.69, 9.17) is 15.0 Å². The number of benzene rings is 9. The van der Waals surface area contributed by atoms with Gasteiger partial charge in [-0.3, -0.25) is 4.98 Å². The average molecular weight is 1140 g/mol. The first-order valence-corrected chi connectivity index (χ1v) is 25.8. The molecule has 0 aliphatic rings. The summed E-state index contributed by atoms with van der Waals surface area (Å²) in [6.45, 7) is 0. The lowest BCUT2D eigenvalue weighted by molar-refractivity contribution is -0.144. The number of nitrogens with zero attached hydrogens (tertiary/aromatic N) is 6. The molecule has 0 aliphatic heterocycles. The summed E-state index contributed by atoms with van der Waals surface area (Å²) in [6, 6.07) is 52.6. The highest BCUT2D eigenvalue weighted by Gasteiger charge is 2.39. The molecule has 9 aromatic carbocycles. The molecule has 6 nitrogen and oxygen atoms in total. The van der Waals surface area contributed by atoms with Crippen LogP contribution in [0.1, 0.15) is 22.3 Å². The molecule has 0 N–H and O–H groups in total. The first-order valence-electron chi connectivity index (χ1n) is 25.8. The number of hydrogen-bond acceptors (Lipinski definition) is 4. The molecule has 0 saturated heterocycles. The van der Waals surface area contributed by atoms with Gasteiger partial charge < -0.3 is 9.13 Å². The van der Waals surface area contributed by atoms with E-state index in [2.05, 4.69) is 4.98 Å². The molecule has 0 saturated carbocycles. The van der Waals surface area contributed by atoms with Crippen molar-refractivity contribution in [2.24, 2.45) is 0 Å². The molecule has 4 aromatic heterocycles. The first kappa shape index (κ1) is 53.2. The van der Waals surface area contributed by atoms with Crippen LogP contribution in [0, 0.1) is 0 Å². The van der Waals surface area contributed by atoms with Gasteiger partial charge in [0.1, 0.15) is 0 Å². The number of rotatable bonds is 8. The van der Waals surface area contributed by atoms with Crippen LogP contribution in [0.5, 0.6) is 0 Å². The summed E-state index contributed by atoms with van der Waals surface area (Å²) >= 11 is 0. The number of para-hydroxylation sites is 2. The van der Waals surface area contributed by atoms with E-state index in [9.17, 15) is 52.7 Å². The van der Waals surface area contributed by atoms with Crippen molar-refractivity contribution in [3.05, 3.63) is 241 Å². The van der Waals surface area contributed by atoms with Gasteiger partial charge in [-0.1, -0.05) is 109 Å². The zero-order valence-electron chi connectivity index (χ0n) is 43.0. The molecule has 4 heterocycles. The fraction of sp³-hybridized carbons (Fsp3) is 0.0606. The standard InChI is InChI=1S/C66H36F12N6/c67-63(68,69)44-27-42(28-45(34-44)64(70,71)72)39-19-22-56-50(31-39)48-15-7-9-17-54(48)83(56)58-24-21-41(62-81-60(37-11-3-1-4-12-37)80-61(82-62)38-13-5-2-6-14-38)33-52(58)53-36-79-26-25-59(53)84-55-18-10-8-16-49(55)51-32-40(20-23-57(51)84)43-29-46(65(73,74)75)35-47(30-43)66(76,77)78/h1-36H. The maximum atomic E-state index is 14.2. The van der Waals surface area contributed by atoms with Crippen molar-refractivity contribution in [3.63, 3.8) is 0 Å². The van der Waals surface area contributed by atoms with Crippen LogP contribution in [-0.4, -0.2) is 29.1 Å². The second-order valence-electron chi connectivity index (χ2n) is 19.9. The summed E-state index contributed by atoms with van der Waals surface area (Å²) in [4.78, 5) is 19.6. The molecule has 0 unspecified atom stereocenters. The second kappa shape index (κ2) is 19.8. The molecule has 0 radical (unpaired) electrons. The fourth-order valence-electron chi connectivity index (χ4n) is 10.9. The summed E-state index contributed by atoms with van der Waals surface area (Å²) in [6.07, 6.45) is -17.1. The Morgan fingerprint density at radius 2 is 0.643 bits per heavy atom. The van der Waals surface area contributed by atoms with Crippen molar-refractivity contribution >= 4 is 43.6 Å². The van der Waals surface area contributed by atoms with Gasteiger partial charge in [-0.05, 0) is 119 Å². The zero-order chi connectivity index (χ0) is 58.5. The Hall–Kier alpha value is -10.1. The molecule has 84 heavy (non-hydrogen) atoms. The summed E-state index contributed by atoms with van der Waals surface area (Å²) in [5, 5.41) is 2.22. The summed E-state index contributed by atoms with van der Waals surface area (Å²) in [5.74, 6) is 1.02. The van der Waals surface area contributed by atoms with E-state index >= 15 is 0 Å². The van der Waals surface area contributed by atoms with E-state index in [1.165, 1.54) is 12.1 Å². The van der Waals surface area contributed by atoms with Crippen LogP contribution in [0.3, 0.4) is 0 Å². The highest BCUT2D eigenvalue weighted by Crippen LogP contribution is 2.46. The SMILES string of the molecule is FC(F)(F)c1cc(-c2ccc3c(c2)c2ccccc2n3-c2ccncc2-c2cc(-c3nc(-c4ccccc4)nc(-c4ccccc4)n3)ccc2-n2c3ccccc3c3cc(-c4cc(C(F)(F)F)cc(C(F)(F)F)c4)ccc32)cc(C(F)(F)F)c1. The number of fused-ring (bicyclic) bond motifs is 6. The van der Waals surface area contributed by atoms with Crippen LogP contribution >= 0.6 is 0 Å². The molecule has 0 atom stereocenters. The Balaban J connectivity index is 1.07. The molecule has 0 bridgehead atoms. The minimum Gasteiger partial charge on any atom is -0.309 e. The lowest BCUT2D eigenvalue weighted by Crippen LogP contribution is -2.11. The maximum Gasteiger partial charge on any atom is 0.416 e. The van der Waals surface area contributed by atoms with Gasteiger partial charge in [0.05, 0.1) is 55.7 Å². The largest absolute Gasteiger partial charge is 0.416 e. The third-order valence-electron chi connectivity index (χ3n) is 14.7. The van der Waals surface area contributed by atoms with Crippen molar-refractivity contribution in [3.8, 4) is 78.9 Å². The van der Waals surface area contributed by atoms with Crippen molar-refractivity contribution in [1.29, 1.82) is 0 Å². The van der Waals surface area contributed by atoms with E-state index in [0.717, 1.165) is 0 Å². The molecular weight excluding hydrogens is 1100 g/mol. The molecule has 0 fully saturated rings. The lowest BCUT2D eigenvalue weighted by Gasteiger charge is -2.19. The smallest absolute Gasteiger partial charge is 0.309 e. The quantitative estimate of drug-likeness (QED) is 0.142. The zero-order valence-corrected chi connectivity index (χ0v) is 43.0. The summed E-state index contributed by atoms with van der Waals surface area (Å²) in [7, 11) is 0. The minimum absolute atomic E-state index is 0.0840. The third-order valence-corrected chi connectivity index (χ3v) is 14.7. The van der Waals surface area contributed by atoms with E-state index in [0.29, 0.717) is 119 Å². The molecule has 18 heteroatoms. The van der Waals surface area contributed by atoms with E-state index in [-0.39, 0.29) is 40.2 Å². The Morgan fingerprint density at radius 3 is 1.07 bits per heavy atom. The lowest BCUT2D eigenvalue weighted by atomic mass is 9.97. The summed E-state index contributed by atoms with van der Waals surface area (Å²) in [5.41, 5.74) is -0.000159. The predicted molar refractivity (Wildman–Crippen MR) is 299 cm³/mol. The number of alkyl halides is 12. The molecule has 13 rings (SSSR count). The second-order valence-corrected chi connectivity index (χ2v) is 19.9. The number of hydrogen-bond donors (Lipinski definition) is 0. The Kier molecular flexibility index (Phi) is 12.6. The van der Waals surface area contributed by atoms with Crippen LogP contribution in [0.4, 0.5) is 52.7 Å². The number of halogens is 12. The topological polar surface area (TPSA) is 61.4 Å². The van der Waals surface area contributed by atoms with Gasteiger partial charge in [0.2, 0.25) is 0 Å². The average Bonchev–Trinajstić information content (AvgIpc) is 2.13. The first-order chi connectivity index (χ1) is 40.2. The van der Waals surface area contributed by atoms with Crippen LogP contribution in [0.15, 0.2) is 219 Å². The Morgan fingerprint density at radius 1 is 0.274 bits per heavy atom. The van der Waals surface area contributed by atoms with Crippen molar-refractivity contribution in [2.75, 3.05) is 0 Å². The Bertz CT molecular complexity index is 4610. The Labute approximate surface area is 468 Å². The predicted octanol–water partition coefficient (Wildman–Crippen LogP) is 19.5. The van der Waals surface area contributed by atoms with Crippen molar-refractivity contribution < 1.29 is 52.7 Å². The van der Waals surface area contributed by atoms with Gasteiger partial charge in [0.15, 0.2) is 17.5 Å². The van der Waals surface area contributed by atoms with E-state index < -0.39 is 47.0 Å². The highest BCUT2D eigenvalue weighted by molar-refractivity contribution is 6.13. The van der Waals surface area contributed by atoms with Gasteiger partial charge in [-0.15, -0.1) is 0 Å². The molecule has 414 valence electrons. The number of aromatic nitrogens is 6. The molecular formula is C66H36F12N6. The minimum atomic E-state index is -5.09. The van der Waals surface area contributed by atoms with E-state index in [1.54, 1.807) is 79.1 Å². The van der Waals surface area contributed by atoms with E-state index in [1.807, 2.05) is 100 Å².